The molecule has 1 fully saturated rings. The molecule has 3 N–H and O–H groups in total. The molecule has 1 aliphatic rings. The normalized spacial score (nSPS) is 21.4. The number of amides is 1. The fourth-order valence-electron chi connectivity index (χ4n) is 4.52. The molecule has 196 valence electrons. The molecule has 0 saturated heterocycles. The highest BCUT2D eigenvalue weighted by atomic mass is 35.5. The van der Waals surface area contributed by atoms with E-state index in [0.717, 1.165) is 16.7 Å². The van der Waals surface area contributed by atoms with Gasteiger partial charge in [-0.05, 0) is 77.9 Å². The summed E-state index contributed by atoms with van der Waals surface area (Å²) >= 11 is 5.92. The molecule has 3 aromatic carbocycles. The molecule has 4 atom stereocenters. The van der Waals surface area contributed by atoms with Crippen LogP contribution in [-0.2, 0) is 22.6 Å². The minimum absolute atomic E-state index is 0.118. The summed E-state index contributed by atoms with van der Waals surface area (Å²) < 4.78 is 26.0. The van der Waals surface area contributed by atoms with Gasteiger partial charge in [-0.2, -0.15) is 0 Å². The van der Waals surface area contributed by atoms with Crippen molar-refractivity contribution in [2.24, 2.45) is 0 Å². The van der Waals surface area contributed by atoms with Crippen LogP contribution in [0.4, 0.5) is 4.39 Å². The fraction of sp³-hybridized carbons (Fsp3) is 0.345. The van der Waals surface area contributed by atoms with Gasteiger partial charge in [0.25, 0.3) is 0 Å². The van der Waals surface area contributed by atoms with Crippen molar-refractivity contribution in [1.29, 1.82) is 0 Å². The first-order valence-electron chi connectivity index (χ1n) is 12.3. The first-order chi connectivity index (χ1) is 17.8. The average molecular weight is 528 g/mol. The number of aliphatic hydroxyl groups is 2. The second-order valence-corrected chi connectivity index (χ2v) is 9.69. The molecule has 37 heavy (non-hydrogen) atoms. The Kier molecular flexibility index (Phi) is 9.16. The Morgan fingerprint density at radius 2 is 1.76 bits per heavy atom. The molecule has 4 rings (SSSR count). The Morgan fingerprint density at radius 3 is 2.49 bits per heavy atom. The van der Waals surface area contributed by atoms with E-state index >= 15 is 0 Å². The second-order valence-electron chi connectivity index (χ2n) is 9.25. The van der Waals surface area contributed by atoms with Crippen molar-refractivity contribution in [2.75, 3.05) is 6.54 Å². The molecule has 0 aromatic heterocycles. The van der Waals surface area contributed by atoms with Crippen LogP contribution >= 0.6 is 11.6 Å². The van der Waals surface area contributed by atoms with E-state index < -0.39 is 24.4 Å². The molecule has 0 spiro atoms. The standard InChI is InChI=1S/C29H31ClFNO5/c1-18(33)32-14-13-20-7-10-24(16-25(20)21-3-2-4-23(31)15-21)37-27-12-11-26(28(34)29(27)35)36-17-19-5-8-22(30)9-6-19/h2-10,15-16,26-29,34-35H,11-14,17H2,1H3,(H,32,33)/t26?,27?,28-,29+/m1/s1. The number of aliphatic hydroxyl groups excluding tert-OH is 2. The van der Waals surface area contributed by atoms with Crippen LogP contribution in [0.2, 0.25) is 5.02 Å². The van der Waals surface area contributed by atoms with Crippen LogP contribution in [0.3, 0.4) is 0 Å². The van der Waals surface area contributed by atoms with Crippen molar-refractivity contribution < 1.29 is 28.9 Å². The minimum atomic E-state index is -1.14. The Balaban J connectivity index is 1.44. The quantitative estimate of drug-likeness (QED) is 0.376. The van der Waals surface area contributed by atoms with Crippen molar-refractivity contribution in [3.05, 3.63) is 88.7 Å². The first-order valence-corrected chi connectivity index (χ1v) is 12.7. The van der Waals surface area contributed by atoms with Gasteiger partial charge in [0, 0.05) is 18.5 Å². The maximum absolute atomic E-state index is 14.0. The summed E-state index contributed by atoms with van der Waals surface area (Å²) in [7, 11) is 0. The van der Waals surface area contributed by atoms with Crippen molar-refractivity contribution >= 4 is 17.5 Å². The van der Waals surface area contributed by atoms with Gasteiger partial charge in [0.15, 0.2) is 0 Å². The van der Waals surface area contributed by atoms with Crippen LogP contribution in [0.25, 0.3) is 11.1 Å². The number of nitrogens with one attached hydrogen (secondary N) is 1. The van der Waals surface area contributed by atoms with Crippen LogP contribution < -0.4 is 10.1 Å². The van der Waals surface area contributed by atoms with E-state index in [1.54, 1.807) is 30.3 Å². The molecule has 1 saturated carbocycles. The molecule has 0 radical (unpaired) electrons. The van der Waals surface area contributed by atoms with Gasteiger partial charge in [-0.15, -0.1) is 0 Å². The topological polar surface area (TPSA) is 88.0 Å². The lowest BCUT2D eigenvalue weighted by Gasteiger charge is -2.37. The minimum Gasteiger partial charge on any atom is -0.488 e. The lowest BCUT2D eigenvalue weighted by Crippen LogP contribution is -2.52. The zero-order chi connectivity index (χ0) is 26.4. The van der Waals surface area contributed by atoms with E-state index in [4.69, 9.17) is 21.1 Å². The lowest BCUT2D eigenvalue weighted by molar-refractivity contribution is -0.150. The number of hydrogen-bond donors (Lipinski definition) is 3. The van der Waals surface area contributed by atoms with Crippen LogP contribution in [-0.4, -0.2) is 47.1 Å². The summed E-state index contributed by atoms with van der Waals surface area (Å²) in [6.45, 7) is 2.21. The summed E-state index contributed by atoms with van der Waals surface area (Å²) in [5.41, 5.74) is 3.31. The summed E-state index contributed by atoms with van der Waals surface area (Å²) in [5, 5.41) is 24.9. The summed E-state index contributed by atoms with van der Waals surface area (Å²) in [6.07, 6.45) is -1.83. The van der Waals surface area contributed by atoms with Gasteiger partial charge in [-0.1, -0.05) is 41.9 Å². The van der Waals surface area contributed by atoms with Gasteiger partial charge >= 0.3 is 0 Å². The number of carbonyl (C=O) groups excluding carboxylic acids is 1. The van der Waals surface area contributed by atoms with E-state index in [9.17, 15) is 19.4 Å². The molecule has 2 unspecified atom stereocenters. The third-order valence-corrected chi connectivity index (χ3v) is 6.75. The summed E-state index contributed by atoms with van der Waals surface area (Å²) in [4.78, 5) is 11.3. The number of rotatable bonds is 9. The van der Waals surface area contributed by atoms with E-state index in [1.165, 1.54) is 19.1 Å². The maximum atomic E-state index is 14.0. The molecule has 0 bridgehead atoms. The van der Waals surface area contributed by atoms with Gasteiger partial charge in [-0.25, -0.2) is 4.39 Å². The third kappa shape index (κ3) is 7.29. The van der Waals surface area contributed by atoms with E-state index in [1.807, 2.05) is 24.3 Å². The molecule has 1 aliphatic carbocycles. The Labute approximate surface area is 221 Å². The van der Waals surface area contributed by atoms with Crippen molar-refractivity contribution in [3.63, 3.8) is 0 Å². The van der Waals surface area contributed by atoms with Crippen molar-refractivity contribution in [3.8, 4) is 16.9 Å². The van der Waals surface area contributed by atoms with Crippen LogP contribution in [0.5, 0.6) is 5.75 Å². The smallest absolute Gasteiger partial charge is 0.216 e. The van der Waals surface area contributed by atoms with E-state index in [2.05, 4.69) is 5.32 Å². The predicted octanol–water partition coefficient (Wildman–Crippen LogP) is 4.67. The van der Waals surface area contributed by atoms with E-state index in [0.29, 0.717) is 48.7 Å². The molecular weight excluding hydrogens is 497 g/mol. The number of halogens is 2. The molecule has 1 amide bonds. The number of benzene rings is 3. The van der Waals surface area contributed by atoms with Crippen LogP contribution in [0.1, 0.15) is 30.9 Å². The lowest BCUT2D eigenvalue weighted by atomic mass is 9.89. The Morgan fingerprint density at radius 1 is 1.03 bits per heavy atom. The summed E-state index contributed by atoms with van der Waals surface area (Å²) in [6, 6.07) is 19.0. The number of hydrogen-bond acceptors (Lipinski definition) is 5. The number of ether oxygens (including phenoxy) is 2. The average Bonchev–Trinajstić information content (AvgIpc) is 2.88. The van der Waals surface area contributed by atoms with Crippen molar-refractivity contribution in [2.45, 2.75) is 57.2 Å². The predicted molar refractivity (Wildman–Crippen MR) is 140 cm³/mol. The molecule has 0 aliphatic heterocycles. The Hall–Kier alpha value is -2.97. The zero-order valence-electron chi connectivity index (χ0n) is 20.6. The van der Waals surface area contributed by atoms with Gasteiger partial charge in [0.05, 0.1) is 12.7 Å². The van der Waals surface area contributed by atoms with Crippen LogP contribution in [0.15, 0.2) is 66.7 Å². The highest BCUT2D eigenvalue weighted by Crippen LogP contribution is 2.32. The second kappa shape index (κ2) is 12.5. The highest BCUT2D eigenvalue weighted by Gasteiger charge is 2.39. The molecular formula is C29H31ClFNO5. The summed E-state index contributed by atoms with van der Waals surface area (Å²) in [5.74, 6) is 0.0268. The molecule has 0 heterocycles. The zero-order valence-corrected chi connectivity index (χ0v) is 21.3. The number of carbonyl (C=O) groups is 1. The third-order valence-electron chi connectivity index (χ3n) is 6.50. The van der Waals surface area contributed by atoms with Gasteiger partial charge in [-0.3, -0.25) is 4.79 Å². The van der Waals surface area contributed by atoms with Crippen molar-refractivity contribution in [1.82, 2.24) is 5.32 Å². The molecule has 3 aromatic rings. The van der Waals surface area contributed by atoms with E-state index in [-0.39, 0.29) is 11.7 Å². The van der Waals surface area contributed by atoms with Gasteiger partial charge in [0.2, 0.25) is 5.91 Å². The fourth-order valence-corrected chi connectivity index (χ4v) is 4.65. The Bertz CT molecular complexity index is 1210. The molecule has 8 heteroatoms. The highest BCUT2D eigenvalue weighted by molar-refractivity contribution is 6.30. The van der Waals surface area contributed by atoms with Crippen LogP contribution in [0, 0.1) is 5.82 Å². The van der Waals surface area contributed by atoms with Gasteiger partial charge in [0.1, 0.15) is 29.9 Å². The first kappa shape index (κ1) is 27.1. The largest absolute Gasteiger partial charge is 0.488 e. The monoisotopic (exact) mass is 527 g/mol. The maximum Gasteiger partial charge on any atom is 0.216 e. The van der Waals surface area contributed by atoms with Gasteiger partial charge < -0.3 is 25.0 Å². The molecule has 6 nitrogen and oxygen atoms in total. The SMILES string of the molecule is CC(=O)NCCc1ccc(OC2CCC(OCc3ccc(Cl)cc3)[C@@H](O)[C@H]2O)cc1-c1cccc(F)c1.